The molecule has 1 heterocycles. The highest BCUT2D eigenvalue weighted by Gasteiger charge is 2.36. The van der Waals surface area contributed by atoms with Gasteiger partial charge in [0.15, 0.2) is 5.03 Å². The summed E-state index contributed by atoms with van der Waals surface area (Å²) in [6.07, 6.45) is 5.61. The molecular formula is C12H16FNO2S. The van der Waals surface area contributed by atoms with Crippen molar-refractivity contribution in [1.29, 1.82) is 0 Å². The van der Waals surface area contributed by atoms with E-state index in [-0.39, 0.29) is 10.9 Å². The van der Waals surface area contributed by atoms with Crippen molar-refractivity contribution < 1.29 is 12.8 Å². The minimum Gasteiger partial charge on any atom is -0.245 e. The molecule has 1 saturated carbocycles. The first-order chi connectivity index (χ1) is 8.12. The maximum absolute atomic E-state index is 14.1. The lowest BCUT2D eigenvalue weighted by Gasteiger charge is -2.24. The zero-order chi connectivity index (χ0) is 12.3. The first-order valence-corrected chi connectivity index (χ1v) is 7.46. The highest BCUT2D eigenvalue weighted by atomic mass is 32.2. The van der Waals surface area contributed by atoms with E-state index in [9.17, 15) is 12.8 Å². The fourth-order valence-corrected chi connectivity index (χ4v) is 3.77. The van der Waals surface area contributed by atoms with E-state index in [4.69, 9.17) is 0 Å². The summed E-state index contributed by atoms with van der Waals surface area (Å²) in [6, 6.07) is 4.53. The van der Waals surface area contributed by atoms with Gasteiger partial charge in [0.25, 0.3) is 0 Å². The first kappa shape index (κ1) is 12.5. The standard InChI is InChI=1S/C12H16FNO2S/c13-12(10-6-2-1-3-7-10)17(15,16)11-8-4-5-9-14-11/h4-5,8-10,12H,1-3,6-7H2. The van der Waals surface area contributed by atoms with Crippen molar-refractivity contribution in [2.45, 2.75) is 42.6 Å². The van der Waals surface area contributed by atoms with Gasteiger partial charge in [-0.15, -0.1) is 0 Å². The van der Waals surface area contributed by atoms with Crippen LogP contribution in [0.2, 0.25) is 0 Å². The van der Waals surface area contributed by atoms with E-state index in [1.807, 2.05) is 0 Å². The molecule has 0 N–H and O–H groups in total. The number of pyridine rings is 1. The molecule has 0 radical (unpaired) electrons. The summed E-state index contributed by atoms with van der Waals surface area (Å²) in [6.45, 7) is 0. The van der Waals surface area contributed by atoms with Crippen molar-refractivity contribution in [1.82, 2.24) is 4.98 Å². The van der Waals surface area contributed by atoms with E-state index in [2.05, 4.69) is 4.98 Å². The van der Waals surface area contributed by atoms with E-state index in [0.29, 0.717) is 12.8 Å². The Labute approximate surface area is 101 Å². The molecule has 5 heteroatoms. The largest absolute Gasteiger partial charge is 0.245 e. The van der Waals surface area contributed by atoms with E-state index < -0.39 is 15.3 Å². The van der Waals surface area contributed by atoms with Crippen LogP contribution in [0.3, 0.4) is 0 Å². The minimum absolute atomic E-state index is 0.155. The number of hydrogen-bond acceptors (Lipinski definition) is 3. The van der Waals surface area contributed by atoms with E-state index in [1.54, 1.807) is 12.1 Å². The van der Waals surface area contributed by atoms with E-state index >= 15 is 0 Å². The van der Waals surface area contributed by atoms with Crippen LogP contribution in [0, 0.1) is 5.92 Å². The molecule has 0 aliphatic heterocycles. The van der Waals surface area contributed by atoms with Gasteiger partial charge in [0, 0.05) is 12.1 Å². The van der Waals surface area contributed by atoms with Crippen LogP contribution in [-0.2, 0) is 9.84 Å². The molecule has 1 fully saturated rings. The van der Waals surface area contributed by atoms with Crippen molar-refractivity contribution in [2.75, 3.05) is 0 Å². The molecule has 2 rings (SSSR count). The van der Waals surface area contributed by atoms with Crippen molar-refractivity contribution in [2.24, 2.45) is 5.92 Å². The molecule has 0 saturated heterocycles. The topological polar surface area (TPSA) is 47.0 Å². The van der Waals surface area contributed by atoms with Gasteiger partial charge in [-0.2, -0.15) is 0 Å². The second kappa shape index (κ2) is 5.12. The lowest BCUT2D eigenvalue weighted by molar-refractivity contribution is 0.242. The summed E-state index contributed by atoms with van der Waals surface area (Å²) in [4.78, 5) is 3.74. The van der Waals surface area contributed by atoms with Gasteiger partial charge < -0.3 is 0 Å². The van der Waals surface area contributed by atoms with E-state index in [1.165, 1.54) is 12.3 Å². The predicted octanol–water partition coefficient (Wildman–Crippen LogP) is 2.73. The van der Waals surface area contributed by atoms with Gasteiger partial charge in [-0.3, -0.25) is 0 Å². The number of nitrogens with zero attached hydrogens (tertiary/aromatic N) is 1. The van der Waals surface area contributed by atoms with Crippen molar-refractivity contribution in [3.63, 3.8) is 0 Å². The molecule has 0 spiro atoms. The molecule has 3 nitrogen and oxygen atoms in total. The molecule has 17 heavy (non-hydrogen) atoms. The molecule has 0 aromatic carbocycles. The summed E-state index contributed by atoms with van der Waals surface area (Å²) >= 11 is 0. The molecule has 1 unspecified atom stereocenters. The number of rotatable bonds is 3. The van der Waals surface area contributed by atoms with E-state index in [0.717, 1.165) is 19.3 Å². The Morgan fingerprint density at radius 3 is 2.53 bits per heavy atom. The predicted molar refractivity (Wildman–Crippen MR) is 62.9 cm³/mol. The maximum atomic E-state index is 14.1. The second-order valence-electron chi connectivity index (χ2n) is 4.46. The fourth-order valence-electron chi connectivity index (χ4n) is 2.28. The average molecular weight is 257 g/mol. The summed E-state index contributed by atoms with van der Waals surface area (Å²) < 4.78 is 38.1. The first-order valence-electron chi connectivity index (χ1n) is 5.91. The van der Waals surface area contributed by atoms with Gasteiger partial charge in [0.05, 0.1) is 0 Å². The number of halogens is 1. The number of hydrogen-bond donors (Lipinski definition) is 0. The highest BCUT2D eigenvalue weighted by Crippen LogP contribution is 2.32. The smallest absolute Gasteiger partial charge is 0.227 e. The molecule has 1 aliphatic rings. The van der Waals surface area contributed by atoms with Crippen LogP contribution < -0.4 is 0 Å². The summed E-state index contributed by atoms with van der Waals surface area (Å²) in [5.74, 6) is -0.365. The lowest BCUT2D eigenvalue weighted by Crippen LogP contribution is -2.28. The normalized spacial score (nSPS) is 20.1. The van der Waals surface area contributed by atoms with Crippen molar-refractivity contribution >= 4 is 9.84 Å². The molecular weight excluding hydrogens is 241 g/mol. The second-order valence-corrected chi connectivity index (χ2v) is 6.42. The summed E-state index contributed by atoms with van der Waals surface area (Å²) in [7, 11) is -3.92. The fraction of sp³-hybridized carbons (Fsp3) is 0.583. The van der Waals surface area contributed by atoms with Crippen molar-refractivity contribution in [3.8, 4) is 0 Å². The lowest BCUT2D eigenvalue weighted by atomic mass is 9.90. The number of alkyl halides is 1. The van der Waals surface area contributed by atoms with Gasteiger partial charge in [-0.1, -0.05) is 25.3 Å². The Kier molecular flexibility index (Phi) is 3.76. The van der Waals surface area contributed by atoms with Crippen LogP contribution in [0.15, 0.2) is 29.4 Å². The third-order valence-electron chi connectivity index (χ3n) is 3.25. The minimum atomic E-state index is -3.92. The molecule has 0 bridgehead atoms. The molecule has 1 aliphatic carbocycles. The number of aromatic nitrogens is 1. The number of sulfone groups is 1. The Morgan fingerprint density at radius 1 is 1.24 bits per heavy atom. The molecule has 1 atom stereocenters. The van der Waals surface area contributed by atoms with Gasteiger partial charge >= 0.3 is 0 Å². The maximum Gasteiger partial charge on any atom is 0.227 e. The van der Waals surface area contributed by atoms with Crippen LogP contribution in [-0.4, -0.2) is 18.9 Å². The zero-order valence-corrected chi connectivity index (χ0v) is 10.4. The third-order valence-corrected chi connectivity index (χ3v) is 5.05. The van der Waals surface area contributed by atoms with Gasteiger partial charge in [-0.25, -0.2) is 17.8 Å². The Hall–Kier alpha value is -0.970. The van der Waals surface area contributed by atoms with Gasteiger partial charge in [0.2, 0.25) is 15.3 Å². The Balaban J connectivity index is 2.20. The van der Waals surface area contributed by atoms with Crippen LogP contribution >= 0.6 is 0 Å². The van der Waals surface area contributed by atoms with Crippen LogP contribution in [0.1, 0.15) is 32.1 Å². The monoisotopic (exact) mass is 257 g/mol. The highest BCUT2D eigenvalue weighted by molar-refractivity contribution is 7.91. The summed E-state index contributed by atoms with van der Waals surface area (Å²) in [5, 5.41) is -0.155. The van der Waals surface area contributed by atoms with Gasteiger partial charge in [0.1, 0.15) is 0 Å². The average Bonchev–Trinajstić information content (AvgIpc) is 2.40. The third kappa shape index (κ3) is 2.65. The molecule has 94 valence electrons. The zero-order valence-electron chi connectivity index (χ0n) is 9.55. The Morgan fingerprint density at radius 2 is 1.94 bits per heavy atom. The molecule has 1 aromatic heterocycles. The molecule has 0 amide bonds. The molecule has 1 aromatic rings. The van der Waals surface area contributed by atoms with Crippen LogP contribution in [0.5, 0.6) is 0 Å². The quantitative estimate of drug-likeness (QED) is 0.836. The van der Waals surface area contributed by atoms with Crippen LogP contribution in [0.25, 0.3) is 0 Å². The van der Waals surface area contributed by atoms with Crippen molar-refractivity contribution in [3.05, 3.63) is 24.4 Å². The summed E-state index contributed by atoms with van der Waals surface area (Å²) in [5.41, 5.74) is -1.81. The Bertz CT molecular complexity index is 455. The SMILES string of the molecule is O=S(=O)(c1ccccn1)C(F)C1CCCCC1. The van der Waals surface area contributed by atoms with Gasteiger partial charge in [-0.05, 0) is 25.0 Å². The van der Waals surface area contributed by atoms with Crippen LogP contribution in [0.4, 0.5) is 4.39 Å².